The third-order valence-electron chi connectivity index (χ3n) is 5.90. The Morgan fingerprint density at radius 2 is 1.45 bits per heavy atom. The normalized spacial score (nSPS) is 34.9. The average Bonchev–Trinajstić information content (AvgIpc) is 2.48. The molecule has 0 aromatic rings. The smallest absolute Gasteiger partial charge is 0.306 e. The van der Waals surface area contributed by atoms with Gasteiger partial charge < -0.3 is 5.11 Å². The van der Waals surface area contributed by atoms with Crippen molar-refractivity contribution in [2.24, 2.45) is 23.7 Å². The van der Waals surface area contributed by atoms with E-state index in [0.29, 0.717) is 0 Å². The lowest BCUT2D eigenvalue weighted by Gasteiger charge is -2.37. The van der Waals surface area contributed by atoms with Gasteiger partial charge in [-0.3, -0.25) is 4.79 Å². The molecule has 0 bridgehead atoms. The number of aliphatic carboxylic acids is 1. The summed E-state index contributed by atoms with van der Waals surface area (Å²) in [4.78, 5) is 11.0. The van der Waals surface area contributed by atoms with Crippen LogP contribution in [0.4, 0.5) is 0 Å². The molecule has 0 saturated heterocycles. The van der Waals surface area contributed by atoms with Crippen LogP contribution >= 0.6 is 0 Å². The molecule has 20 heavy (non-hydrogen) atoms. The van der Waals surface area contributed by atoms with Crippen LogP contribution in [0.5, 0.6) is 0 Å². The highest BCUT2D eigenvalue weighted by molar-refractivity contribution is 5.69. The maximum atomic E-state index is 11.0. The standard InChI is InChI=1S/C18H32O2/c1-2-3-4-5-14-6-8-15(9-7-14)16-10-12-17(13-11-16)18(19)20/h14-17H,2-13H2,1H3,(H,19,20)/t14-,15-,16?,17?. The van der Waals surface area contributed by atoms with Crippen molar-refractivity contribution in [3.8, 4) is 0 Å². The average molecular weight is 280 g/mol. The molecule has 0 unspecified atom stereocenters. The summed E-state index contributed by atoms with van der Waals surface area (Å²) in [7, 11) is 0. The van der Waals surface area contributed by atoms with Crippen LogP contribution in [0.25, 0.3) is 0 Å². The van der Waals surface area contributed by atoms with Crippen molar-refractivity contribution in [1.82, 2.24) is 0 Å². The van der Waals surface area contributed by atoms with Crippen LogP contribution < -0.4 is 0 Å². The maximum absolute atomic E-state index is 11.0. The Bertz CT molecular complexity index is 284. The van der Waals surface area contributed by atoms with E-state index >= 15 is 0 Å². The van der Waals surface area contributed by atoms with E-state index in [0.717, 1.165) is 30.6 Å². The van der Waals surface area contributed by atoms with Crippen LogP contribution in [0.15, 0.2) is 0 Å². The number of carboxylic acids is 1. The topological polar surface area (TPSA) is 37.3 Å². The molecule has 0 radical (unpaired) electrons. The van der Waals surface area contributed by atoms with E-state index in [2.05, 4.69) is 6.92 Å². The first-order valence-electron chi connectivity index (χ1n) is 8.93. The fourth-order valence-corrected chi connectivity index (χ4v) is 4.47. The van der Waals surface area contributed by atoms with Gasteiger partial charge in [-0.15, -0.1) is 0 Å². The fourth-order valence-electron chi connectivity index (χ4n) is 4.47. The second kappa shape index (κ2) is 8.05. The van der Waals surface area contributed by atoms with Crippen LogP contribution in [0.3, 0.4) is 0 Å². The Kier molecular flexibility index (Phi) is 6.38. The van der Waals surface area contributed by atoms with E-state index in [-0.39, 0.29) is 5.92 Å². The lowest BCUT2D eigenvalue weighted by Crippen LogP contribution is -2.28. The molecule has 2 rings (SSSR count). The van der Waals surface area contributed by atoms with Gasteiger partial charge in [-0.2, -0.15) is 0 Å². The maximum Gasteiger partial charge on any atom is 0.306 e. The molecule has 2 aliphatic carbocycles. The van der Waals surface area contributed by atoms with Crippen LogP contribution in [0.2, 0.25) is 0 Å². The molecule has 2 saturated carbocycles. The monoisotopic (exact) mass is 280 g/mol. The first-order valence-corrected chi connectivity index (χ1v) is 8.93. The van der Waals surface area contributed by atoms with Gasteiger partial charge in [0.15, 0.2) is 0 Å². The molecule has 1 N–H and O–H groups in total. The number of hydrogen-bond acceptors (Lipinski definition) is 1. The predicted octanol–water partition coefficient (Wildman–Crippen LogP) is 5.26. The van der Waals surface area contributed by atoms with E-state index in [9.17, 15) is 4.79 Å². The van der Waals surface area contributed by atoms with E-state index in [1.807, 2.05) is 0 Å². The minimum absolute atomic E-state index is 0.0448. The molecule has 2 fully saturated rings. The summed E-state index contributed by atoms with van der Waals surface area (Å²) in [5, 5.41) is 9.07. The molecule has 0 aliphatic heterocycles. The van der Waals surface area contributed by atoms with Crippen molar-refractivity contribution in [3.05, 3.63) is 0 Å². The zero-order valence-corrected chi connectivity index (χ0v) is 13.2. The van der Waals surface area contributed by atoms with Gasteiger partial charge in [-0.25, -0.2) is 0 Å². The summed E-state index contributed by atoms with van der Waals surface area (Å²) < 4.78 is 0. The van der Waals surface area contributed by atoms with Crippen LogP contribution in [0.1, 0.15) is 84.0 Å². The Morgan fingerprint density at radius 3 is 1.95 bits per heavy atom. The third kappa shape index (κ3) is 4.49. The second-order valence-corrected chi connectivity index (χ2v) is 7.23. The van der Waals surface area contributed by atoms with Crippen molar-refractivity contribution < 1.29 is 9.90 Å². The Labute approximate surface area is 124 Å². The molecular formula is C18H32O2. The van der Waals surface area contributed by atoms with Crippen molar-refractivity contribution in [2.75, 3.05) is 0 Å². The summed E-state index contributed by atoms with van der Waals surface area (Å²) >= 11 is 0. The minimum Gasteiger partial charge on any atom is -0.481 e. The molecule has 2 nitrogen and oxygen atoms in total. The quantitative estimate of drug-likeness (QED) is 0.673. The molecule has 0 aromatic heterocycles. The predicted molar refractivity (Wildman–Crippen MR) is 82.7 cm³/mol. The van der Waals surface area contributed by atoms with Gasteiger partial charge in [-0.05, 0) is 56.3 Å². The second-order valence-electron chi connectivity index (χ2n) is 7.23. The summed E-state index contributed by atoms with van der Waals surface area (Å²) in [5.74, 6) is 2.13. The van der Waals surface area contributed by atoms with Gasteiger partial charge in [0.2, 0.25) is 0 Å². The summed E-state index contributed by atoms with van der Waals surface area (Å²) in [6, 6.07) is 0. The van der Waals surface area contributed by atoms with E-state index in [1.54, 1.807) is 0 Å². The van der Waals surface area contributed by atoms with Crippen molar-refractivity contribution in [2.45, 2.75) is 84.0 Å². The van der Waals surface area contributed by atoms with Crippen molar-refractivity contribution in [3.63, 3.8) is 0 Å². The van der Waals surface area contributed by atoms with Gasteiger partial charge in [0, 0.05) is 0 Å². The lowest BCUT2D eigenvalue weighted by molar-refractivity contribution is -0.143. The number of rotatable bonds is 6. The van der Waals surface area contributed by atoms with E-state index in [4.69, 9.17) is 5.11 Å². The summed E-state index contributed by atoms with van der Waals surface area (Å²) in [5.41, 5.74) is 0. The molecule has 2 heteroatoms. The van der Waals surface area contributed by atoms with Gasteiger partial charge in [-0.1, -0.05) is 45.4 Å². The summed E-state index contributed by atoms with van der Waals surface area (Å²) in [6.07, 6.45) is 15.5. The van der Waals surface area contributed by atoms with Gasteiger partial charge in [0.25, 0.3) is 0 Å². The van der Waals surface area contributed by atoms with Crippen molar-refractivity contribution in [1.29, 1.82) is 0 Å². The SMILES string of the molecule is CCCCC[C@H]1CC[C@H](C2CCC(C(=O)O)CC2)CC1. The highest BCUT2D eigenvalue weighted by atomic mass is 16.4. The van der Waals surface area contributed by atoms with Gasteiger partial charge in [0.1, 0.15) is 0 Å². The van der Waals surface area contributed by atoms with Crippen LogP contribution in [-0.2, 0) is 4.79 Å². The molecule has 0 amide bonds. The fraction of sp³-hybridized carbons (Fsp3) is 0.944. The zero-order chi connectivity index (χ0) is 14.4. The Hall–Kier alpha value is -0.530. The zero-order valence-electron chi connectivity index (χ0n) is 13.2. The lowest BCUT2D eigenvalue weighted by atomic mass is 9.68. The number of unbranched alkanes of at least 4 members (excludes halogenated alkanes) is 2. The molecule has 116 valence electrons. The van der Waals surface area contributed by atoms with Crippen LogP contribution in [0, 0.1) is 23.7 Å². The van der Waals surface area contributed by atoms with E-state index < -0.39 is 5.97 Å². The summed E-state index contributed by atoms with van der Waals surface area (Å²) in [6.45, 7) is 2.28. The van der Waals surface area contributed by atoms with Gasteiger partial charge >= 0.3 is 5.97 Å². The first kappa shape index (κ1) is 15.9. The van der Waals surface area contributed by atoms with E-state index in [1.165, 1.54) is 64.2 Å². The molecule has 0 atom stereocenters. The largest absolute Gasteiger partial charge is 0.481 e. The minimum atomic E-state index is -0.567. The first-order chi connectivity index (χ1) is 9.70. The Morgan fingerprint density at radius 1 is 0.900 bits per heavy atom. The number of carboxylic acid groups (broad SMARTS) is 1. The molecule has 0 spiro atoms. The van der Waals surface area contributed by atoms with Crippen LogP contribution in [-0.4, -0.2) is 11.1 Å². The van der Waals surface area contributed by atoms with Crippen molar-refractivity contribution >= 4 is 5.97 Å². The third-order valence-corrected chi connectivity index (χ3v) is 5.90. The van der Waals surface area contributed by atoms with Gasteiger partial charge in [0.05, 0.1) is 5.92 Å². The highest BCUT2D eigenvalue weighted by Crippen LogP contribution is 2.42. The number of hydrogen-bond donors (Lipinski definition) is 1. The molecule has 2 aliphatic rings. The number of carbonyl (C=O) groups is 1. The molecule has 0 heterocycles. The Balaban J connectivity index is 1.65. The molecular weight excluding hydrogens is 248 g/mol. The molecule has 0 aromatic carbocycles. The highest BCUT2D eigenvalue weighted by Gasteiger charge is 2.32.